The number of amides is 1. The van der Waals surface area contributed by atoms with E-state index in [-0.39, 0.29) is 11.6 Å². The second-order valence-corrected chi connectivity index (χ2v) is 5.85. The Hall–Kier alpha value is -2.08. The third-order valence-corrected chi connectivity index (χ3v) is 4.05. The largest absolute Gasteiger partial charge is 0.374 e. The molecule has 112 valence electrons. The van der Waals surface area contributed by atoms with Crippen molar-refractivity contribution in [3.05, 3.63) is 34.2 Å². The quantitative estimate of drug-likeness (QED) is 0.777. The van der Waals surface area contributed by atoms with Gasteiger partial charge in [-0.25, -0.2) is 4.79 Å². The summed E-state index contributed by atoms with van der Waals surface area (Å²) in [4.78, 5) is 27.1. The van der Waals surface area contributed by atoms with Gasteiger partial charge in [0.2, 0.25) is 5.91 Å². The number of hydrogen-bond donors (Lipinski definition) is 3. The molecule has 1 aliphatic rings. The summed E-state index contributed by atoms with van der Waals surface area (Å²) in [7, 11) is 0. The van der Waals surface area contributed by atoms with Crippen molar-refractivity contribution in [2.75, 3.05) is 0 Å². The number of fused-ring (bicyclic) bond motifs is 1. The molecule has 0 bridgehead atoms. The van der Waals surface area contributed by atoms with Gasteiger partial charge in [0.05, 0.1) is 11.0 Å². The molecule has 1 aromatic heterocycles. The number of aliphatic hydroxyl groups excluding tert-OH is 1. The van der Waals surface area contributed by atoms with Gasteiger partial charge in [-0.1, -0.05) is 19.9 Å². The molecule has 0 saturated carbocycles. The van der Waals surface area contributed by atoms with Gasteiger partial charge in [-0.2, -0.15) is 0 Å². The Morgan fingerprint density at radius 1 is 1.29 bits per heavy atom. The number of aromatic amines is 1. The summed E-state index contributed by atoms with van der Waals surface area (Å²) in [6.45, 7) is 4.17. The molecule has 3 N–H and O–H groups in total. The number of aromatic nitrogens is 2. The van der Waals surface area contributed by atoms with Crippen LogP contribution >= 0.6 is 0 Å². The van der Waals surface area contributed by atoms with Crippen LogP contribution in [0.5, 0.6) is 0 Å². The van der Waals surface area contributed by atoms with E-state index in [2.05, 4.69) is 24.1 Å². The smallest absolute Gasteiger partial charge is 0.327 e. The predicted molar refractivity (Wildman–Crippen MR) is 79.1 cm³/mol. The van der Waals surface area contributed by atoms with Gasteiger partial charge in [-0.15, -0.1) is 0 Å². The lowest BCUT2D eigenvalue weighted by atomic mass is 10.0. The molecule has 2 unspecified atom stereocenters. The first-order chi connectivity index (χ1) is 9.97. The van der Waals surface area contributed by atoms with E-state index in [1.807, 2.05) is 18.2 Å². The first-order valence-electron chi connectivity index (χ1n) is 7.20. The molecule has 0 radical (unpaired) electrons. The maximum Gasteiger partial charge on any atom is 0.327 e. The van der Waals surface area contributed by atoms with Crippen LogP contribution in [0.3, 0.4) is 0 Å². The summed E-state index contributed by atoms with van der Waals surface area (Å²) in [6, 6.07) is 5.24. The first-order valence-corrected chi connectivity index (χ1v) is 7.20. The van der Waals surface area contributed by atoms with Crippen molar-refractivity contribution in [3.63, 3.8) is 0 Å². The fraction of sp³-hybridized carbons (Fsp3) is 0.467. The first kappa shape index (κ1) is 13.9. The Morgan fingerprint density at radius 2 is 2.05 bits per heavy atom. The summed E-state index contributed by atoms with van der Waals surface area (Å²) >= 11 is 0. The highest BCUT2D eigenvalue weighted by Gasteiger charge is 2.30. The van der Waals surface area contributed by atoms with Gasteiger partial charge in [0, 0.05) is 0 Å². The van der Waals surface area contributed by atoms with Crippen LogP contribution in [0.4, 0.5) is 0 Å². The number of rotatable bonds is 2. The number of hydrogen-bond acceptors (Lipinski definition) is 3. The Morgan fingerprint density at radius 3 is 2.71 bits per heavy atom. The van der Waals surface area contributed by atoms with E-state index in [1.165, 1.54) is 4.57 Å². The van der Waals surface area contributed by atoms with Crippen molar-refractivity contribution in [2.45, 2.75) is 44.9 Å². The molecule has 2 aromatic rings. The van der Waals surface area contributed by atoms with Crippen molar-refractivity contribution in [3.8, 4) is 0 Å². The maximum atomic E-state index is 12.2. The number of nitrogens with one attached hydrogen (secondary N) is 2. The van der Waals surface area contributed by atoms with Crippen molar-refractivity contribution in [1.29, 1.82) is 0 Å². The highest BCUT2D eigenvalue weighted by Crippen LogP contribution is 2.25. The molecular weight excluding hydrogens is 270 g/mol. The molecule has 1 amide bonds. The number of carbonyl (C=O) groups excluding carboxylic acids is 1. The number of H-pyrrole nitrogens is 1. The van der Waals surface area contributed by atoms with Crippen molar-refractivity contribution >= 4 is 16.9 Å². The van der Waals surface area contributed by atoms with Gasteiger partial charge in [-0.05, 0) is 36.5 Å². The van der Waals surface area contributed by atoms with Gasteiger partial charge in [0.25, 0.3) is 0 Å². The standard InChI is InChI=1S/C15H19N3O3/c1-8(2)9-3-4-10-12(7-9)18(15(21)16-10)11-5-6-13(19)17-14(11)20/h3-4,7-8,11,13,19H,5-6H2,1-2H3,(H,16,21)(H,17,20). The maximum absolute atomic E-state index is 12.2. The third-order valence-electron chi connectivity index (χ3n) is 4.05. The van der Waals surface area contributed by atoms with E-state index < -0.39 is 12.3 Å². The fourth-order valence-electron chi connectivity index (χ4n) is 2.83. The average Bonchev–Trinajstić information content (AvgIpc) is 2.74. The second kappa shape index (κ2) is 5.04. The molecule has 6 heteroatoms. The Labute approximate surface area is 121 Å². The fourth-order valence-corrected chi connectivity index (χ4v) is 2.83. The van der Waals surface area contributed by atoms with E-state index in [0.29, 0.717) is 18.8 Å². The number of aliphatic hydroxyl groups is 1. The number of benzene rings is 1. The van der Waals surface area contributed by atoms with Crippen molar-refractivity contribution in [1.82, 2.24) is 14.9 Å². The number of piperidine rings is 1. The summed E-state index contributed by atoms with van der Waals surface area (Å²) in [5, 5.41) is 12.0. The van der Waals surface area contributed by atoms with Crippen LogP contribution in [-0.4, -0.2) is 26.8 Å². The summed E-state index contributed by atoms with van der Waals surface area (Å²) in [5.74, 6) is 0.0292. The molecule has 1 aromatic carbocycles. The highest BCUT2D eigenvalue weighted by atomic mass is 16.3. The molecular formula is C15H19N3O3. The second-order valence-electron chi connectivity index (χ2n) is 5.85. The van der Waals surface area contributed by atoms with E-state index in [1.54, 1.807) is 0 Å². The molecule has 6 nitrogen and oxygen atoms in total. The van der Waals surface area contributed by atoms with E-state index >= 15 is 0 Å². The van der Waals surface area contributed by atoms with Gasteiger partial charge < -0.3 is 15.4 Å². The average molecular weight is 289 g/mol. The zero-order valence-corrected chi connectivity index (χ0v) is 12.1. The Kier molecular flexibility index (Phi) is 3.33. The Bertz CT molecular complexity index is 744. The molecule has 0 aliphatic carbocycles. The van der Waals surface area contributed by atoms with Crippen LogP contribution in [0.25, 0.3) is 11.0 Å². The molecule has 1 aliphatic heterocycles. The monoisotopic (exact) mass is 289 g/mol. The lowest BCUT2D eigenvalue weighted by Crippen LogP contribution is -2.46. The molecule has 1 saturated heterocycles. The van der Waals surface area contributed by atoms with Crippen LogP contribution in [0, 0.1) is 0 Å². The molecule has 3 rings (SSSR count). The molecule has 2 heterocycles. The zero-order chi connectivity index (χ0) is 15.1. The van der Waals surface area contributed by atoms with Gasteiger partial charge in [0.1, 0.15) is 12.3 Å². The summed E-state index contributed by atoms with van der Waals surface area (Å²) < 4.78 is 1.50. The van der Waals surface area contributed by atoms with Crippen molar-refractivity contribution in [2.24, 2.45) is 0 Å². The van der Waals surface area contributed by atoms with Gasteiger partial charge >= 0.3 is 5.69 Å². The van der Waals surface area contributed by atoms with E-state index in [0.717, 1.165) is 16.6 Å². The van der Waals surface area contributed by atoms with Gasteiger partial charge in [-0.3, -0.25) is 9.36 Å². The van der Waals surface area contributed by atoms with Gasteiger partial charge in [0.15, 0.2) is 0 Å². The number of nitrogens with zero attached hydrogens (tertiary/aromatic N) is 1. The summed E-state index contributed by atoms with van der Waals surface area (Å²) in [5.41, 5.74) is 2.29. The molecule has 0 spiro atoms. The van der Waals surface area contributed by atoms with Crippen LogP contribution in [-0.2, 0) is 4.79 Å². The number of imidazole rings is 1. The minimum atomic E-state index is -0.819. The summed E-state index contributed by atoms with van der Waals surface area (Å²) in [6.07, 6.45) is 0.0754. The third kappa shape index (κ3) is 2.35. The van der Waals surface area contributed by atoms with Crippen molar-refractivity contribution < 1.29 is 9.90 Å². The van der Waals surface area contributed by atoms with Crippen LogP contribution in [0.15, 0.2) is 23.0 Å². The topological polar surface area (TPSA) is 87.1 Å². The minimum absolute atomic E-state index is 0.289. The lowest BCUT2D eigenvalue weighted by Gasteiger charge is -2.26. The van der Waals surface area contributed by atoms with E-state index in [4.69, 9.17) is 0 Å². The van der Waals surface area contributed by atoms with Crippen LogP contribution in [0.2, 0.25) is 0 Å². The predicted octanol–water partition coefficient (Wildman–Crippen LogP) is 1.22. The van der Waals surface area contributed by atoms with Crippen LogP contribution < -0.4 is 11.0 Å². The highest BCUT2D eigenvalue weighted by molar-refractivity contribution is 5.84. The number of carbonyl (C=O) groups is 1. The SMILES string of the molecule is CC(C)c1ccc2[nH]c(=O)n(C3CCC(O)NC3=O)c2c1. The zero-order valence-electron chi connectivity index (χ0n) is 12.1. The molecule has 21 heavy (non-hydrogen) atoms. The lowest BCUT2D eigenvalue weighted by molar-refractivity contribution is -0.130. The molecule has 2 atom stereocenters. The Balaban J connectivity index is 2.13. The van der Waals surface area contributed by atoms with E-state index in [9.17, 15) is 14.7 Å². The van der Waals surface area contributed by atoms with Crippen LogP contribution in [0.1, 0.15) is 44.2 Å². The normalized spacial score (nSPS) is 22.8. The minimum Gasteiger partial charge on any atom is -0.374 e. The molecule has 1 fully saturated rings.